The summed E-state index contributed by atoms with van der Waals surface area (Å²) in [6, 6.07) is 0. The second-order valence-corrected chi connectivity index (χ2v) is 4.57. The maximum absolute atomic E-state index is 4.55. The van der Waals surface area contributed by atoms with Gasteiger partial charge in [0.15, 0.2) is 0 Å². The number of nitrogens with one attached hydrogen (secondary N) is 1. The standard InChI is InChI=1S/C12H20BrN3/c1-4-7-9-11(13)12(14-8-5-2)16-10(6-3)15-9/h4-8H2,1-3H3,(H,14,15,16). The molecule has 0 aliphatic heterocycles. The lowest BCUT2D eigenvalue weighted by atomic mass is 10.2. The third-order valence-electron chi connectivity index (χ3n) is 2.31. The van der Waals surface area contributed by atoms with Crippen molar-refractivity contribution in [3.63, 3.8) is 0 Å². The number of anilines is 1. The first-order valence-corrected chi connectivity index (χ1v) is 6.81. The van der Waals surface area contributed by atoms with E-state index in [1.165, 1.54) is 0 Å². The van der Waals surface area contributed by atoms with Crippen molar-refractivity contribution in [3.05, 3.63) is 16.0 Å². The lowest BCUT2D eigenvalue weighted by Gasteiger charge is -2.11. The molecule has 0 atom stereocenters. The average molecular weight is 286 g/mol. The first kappa shape index (κ1) is 13.4. The molecule has 0 spiro atoms. The molecule has 4 heteroatoms. The minimum absolute atomic E-state index is 0.880. The number of rotatable bonds is 6. The Labute approximate surface area is 106 Å². The van der Waals surface area contributed by atoms with Crippen LogP contribution in [0.15, 0.2) is 4.47 Å². The molecule has 0 aliphatic carbocycles. The quantitative estimate of drug-likeness (QED) is 0.868. The molecule has 3 nitrogen and oxygen atoms in total. The van der Waals surface area contributed by atoms with Gasteiger partial charge in [-0.05, 0) is 28.8 Å². The van der Waals surface area contributed by atoms with E-state index in [-0.39, 0.29) is 0 Å². The van der Waals surface area contributed by atoms with Crippen molar-refractivity contribution >= 4 is 21.7 Å². The van der Waals surface area contributed by atoms with Crippen LogP contribution in [0.25, 0.3) is 0 Å². The van der Waals surface area contributed by atoms with Crippen LogP contribution in [0, 0.1) is 0 Å². The Morgan fingerprint density at radius 2 is 1.88 bits per heavy atom. The SMILES string of the molecule is CCCNc1nc(CC)nc(CCC)c1Br. The van der Waals surface area contributed by atoms with Gasteiger partial charge in [-0.2, -0.15) is 0 Å². The van der Waals surface area contributed by atoms with Gasteiger partial charge in [0.05, 0.1) is 10.2 Å². The summed E-state index contributed by atoms with van der Waals surface area (Å²) < 4.78 is 1.03. The lowest BCUT2D eigenvalue weighted by Crippen LogP contribution is -2.08. The zero-order valence-electron chi connectivity index (χ0n) is 10.3. The summed E-state index contributed by atoms with van der Waals surface area (Å²) in [5, 5.41) is 3.34. The Kier molecular flexibility index (Phi) is 5.74. The Morgan fingerprint density at radius 1 is 1.12 bits per heavy atom. The number of halogens is 1. The van der Waals surface area contributed by atoms with Gasteiger partial charge in [-0.15, -0.1) is 0 Å². The van der Waals surface area contributed by atoms with E-state index in [9.17, 15) is 0 Å². The second kappa shape index (κ2) is 6.84. The van der Waals surface area contributed by atoms with E-state index >= 15 is 0 Å². The Balaban J connectivity index is 2.99. The van der Waals surface area contributed by atoms with Crippen LogP contribution in [0.5, 0.6) is 0 Å². The summed E-state index contributed by atoms with van der Waals surface area (Å²) in [6.07, 6.45) is 4.08. The van der Waals surface area contributed by atoms with Gasteiger partial charge in [0.2, 0.25) is 0 Å². The van der Waals surface area contributed by atoms with E-state index in [1.54, 1.807) is 0 Å². The molecule has 90 valence electrons. The molecular formula is C12H20BrN3. The van der Waals surface area contributed by atoms with E-state index in [1.807, 2.05) is 0 Å². The Hall–Kier alpha value is -0.640. The minimum atomic E-state index is 0.880. The van der Waals surface area contributed by atoms with Crippen molar-refractivity contribution < 1.29 is 0 Å². The predicted octanol–water partition coefficient (Wildman–Crippen LogP) is 3.58. The number of hydrogen-bond donors (Lipinski definition) is 1. The van der Waals surface area contributed by atoms with Crippen LogP contribution in [0.4, 0.5) is 5.82 Å². The molecular weight excluding hydrogens is 266 g/mol. The highest BCUT2D eigenvalue weighted by molar-refractivity contribution is 9.10. The molecule has 0 fully saturated rings. The van der Waals surface area contributed by atoms with Crippen LogP contribution in [0.3, 0.4) is 0 Å². The van der Waals surface area contributed by atoms with Gasteiger partial charge in [-0.25, -0.2) is 9.97 Å². The third-order valence-corrected chi connectivity index (χ3v) is 3.14. The summed E-state index contributed by atoms with van der Waals surface area (Å²) in [4.78, 5) is 9.05. The molecule has 0 amide bonds. The van der Waals surface area contributed by atoms with Gasteiger partial charge in [-0.1, -0.05) is 27.2 Å². The van der Waals surface area contributed by atoms with Gasteiger partial charge in [0.25, 0.3) is 0 Å². The van der Waals surface area contributed by atoms with Gasteiger partial charge in [0, 0.05) is 13.0 Å². The molecule has 0 unspecified atom stereocenters. The average Bonchev–Trinajstić information content (AvgIpc) is 2.30. The maximum atomic E-state index is 4.55. The fourth-order valence-corrected chi connectivity index (χ4v) is 1.98. The highest BCUT2D eigenvalue weighted by Gasteiger charge is 2.10. The molecule has 0 aromatic carbocycles. The summed E-state index contributed by atoms with van der Waals surface area (Å²) in [6.45, 7) is 7.35. The van der Waals surface area contributed by atoms with Crippen LogP contribution >= 0.6 is 15.9 Å². The first-order chi connectivity index (χ1) is 7.72. The summed E-state index contributed by atoms with van der Waals surface area (Å²) >= 11 is 3.59. The van der Waals surface area contributed by atoms with Gasteiger partial charge in [0.1, 0.15) is 11.6 Å². The normalized spacial score (nSPS) is 10.5. The third kappa shape index (κ3) is 3.44. The molecule has 16 heavy (non-hydrogen) atoms. The highest BCUT2D eigenvalue weighted by Crippen LogP contribution is 2.24. The molecule has 1 N–H and O–H groups in total. The second-order valence-electron chi connectivity index (χ2n) is 3.78. The zero-order chi connectivity index (χ0) is 12.0. The van der Waals surface area contributed by atoms with E-state index in [0.29, 0.717) is 0 Å². The molecule has 1 aromatic rings. The molecule has 0 radical (unpaired) electrons. The number of aryl methyl sites for hydroxylation is 2. The summed E-state index contributed by atoms with van der Waals surface area (Å²) in [5.74, 6) is 1.86. The van der Waals surface area contributed by atoms with E-state index < -0.39 is 0 Å². The first-order valence-electron chi connectivity index (χ1n) is 6.02. The maximum Gasteiger partial charge on any atom is 0.144 e. The van der Waals surface area contributed by atoms with E-state index in [4.69, 9.17) is 0 Å². The van der Waals surface area contributed by atoms with Crippen molar-refractivity contribution in [3.8, 4) is 0 Å². The molecule has 0 bridgehead atoms. The summed E-state index contributed by atoms with van der Waals surface area (Å²) in [5.41, 5.74) is 1.12. The van der Waals surface area contributed by atoms with E-state index in [2.05, 4.69) is 52.0 Å². The number of hydrogen-bond acceptors (Lipinski definition) is 3. The fraction of sp³-hybridized carbons (Fsp3) is 0.667. The van der Waals surface area contributed by atoms with Crippen LogP contribution < -0.4 is 5.32 Å². The zero-order valence-corrected chi connectivity index (χ0v) is 11.9. The van der Waals surface area contributed by atoms with Crippen molar-refractivity contribution in [1.82, 2.24) is 9.97 Å². The van der Waals surface area contributed by atoms with Crippen molar-refractivity contribution in [2.75, 3.05) is 11.9 Å². The Bertz CT molecular complexity index is 339. The molecule has 0 saturated heterocycles. The van der Waals surface area contributed by atoms with Crippen molar-refractivity contribution in [2.24, 2.45) is 0 Å². The fourth-order valence-electron chi connectivity index (χ4n) is 1.47. The molecule has 0 saturated carbocycles. The molecule has 1 rings (SSSR count). The monoisotopic (exact) mass is 285 g/mol. The minimum Gasteiger partial charge on any atom is -0.369 e. The van der Waals surface area contributed by atoms with Gasteiger partial charge in [-0.3, -0.25) is 0 Å². The van der Waals surface area contributed by atoms with Crippen LogP contribution in [-0.2, 0) is 12.8 Å². The molecule has 1 aromatic heterocycles. The largest absolute Gasteiger partial charge is 0.369 e. The van der Waals surface area contributed by atoms with Crippen molar-refractivity contribution in [2.45, 2.75) is 46.5 Å². The molecule has 1 heterocycles. The predicted molar refractivity (Wildman–Crippen MR) is 71.9 cm³/mol. The smallest absolute Gasteiger partial charge is 0.144 e. The summed E-state index contributed by atoms with van der Waals surface area (Å²) in [7, 11) is 0. The van der Waals surface area contributed by atoms with Crippen LogP contribution in [-0.4, -0.2) is 16.5 Å². The number of nitrogens with zero attached hydrogens (tertiary/aromatic N) is 2. The highest BCUT2D eigenvalue weighted by atomic mass is 79.9. The Morgan fingerprint density at radius 3 is 2.44 bits per heavy atom. The lowest BCUT2D eigenvalue weighted by molar-refractivity contribution is 0.823. The van der Waals surface area contributed by atoms with Crippen molar-refractivity contribution in [1.29, 1.82) is 0 Å². The van der Waals surface area contributed by atoms with Crippen LogP contribution in [0.2, 0.25) is 0 Å². The number of aromatic nitrogens is 2. The van der Waals surface area contributed by atoms with Gasteiger partial charge >= 0.3 is 0 Å². The van der Waals surface area contributed by atoms with Gasteiger partial charge < -0.3 is 5.32 Å². The van der Waals surface area contributed by atoms with Crippen LogP contribution in [0.1, 0.15) is 45.1 Å². The molecule has 0 aliphatic rings. The van der Waals surface area contributed by atoms with E-state index in [0.717, 1.165) is 54.0 Å². The topological polar surface area (TPSA) is 37.8 Å².